The molecular formula is C8H10O2. The van der Waals surface area contributed by atoms with Gasteiger partial charge in [0.25, 0.3) is 0 Å². The predicted molar refractivity (Wildman–Crippen MR) is 36.6 cm³/mol. The summed E-state index contributed by atoms with van der Waals surface area (Å²) in [5, 5.41) is 0. The third kappa shape index (κ3) is 0.655. The van der Waals surface area contributed by atoms with Gasteiger partial charge in [-0.05, 0) is 12.5 Å². The maximum Gasteiger partial charge on any atom is 0.189 e. The van der Waals surface area contributed by atoms with Crippen LogP contribution < -0.4 is 0 Å². The Morgan fingerprint density at radius 1 is 1.60 bits per heavy atom. The van der Waals surface area contributed by atoms with Gasteiger partial charge in [0, 0.05) is 5.92 Å². The van der Waals surface area contributed by atoms with E-state index in [1.54, 1.807) is 0 Å². The minimum atomic E-state index is -0.0833. The fourth-order valence-corrected chi connectivity index (χ4v) is 1.53. The van der Waals surface area contributed by atoms with Gasteiger partial charge in [-0.15, -0.1) is 0 Å². The van der Waals surface area contributed by atoms with Crippen molar-refractivity contribution in [3.8, 4) is 0 Å². The van der Waals surface area contributed by atoms with Crippen molar-refractivity contribution in [3.05, 3.63) is 11.6 Å². The smallest absolute Gasteiger partial charge is 0.189 e. The molecule has 3 atom stereocenters. The number of carbonyl (C=O) groups excluding carboxylic acids is 1. The van der Waals surface area contributed by atoms with Crippen molar-refractivity contribution in [2.24, 2.45) is 5.92 Å². The van der Waals surface area contributed by atoms with E-state index in [9.17, 15) is 4.79 Å². The molecule has 1 heterocycles. The predicted octanol–water partition coefficient (Wildman–Crippen LogP) is 0.919. The lowest BCUT2D eigenvalue weighted by Crippen LogP contribution is -2.20. The lowest BCUT2D eigenvalue weighted by molar-refractivity contribution is -0.116. The summed E-state index contributed by atoms with van der Waals surface area (Å²) in [7, 11) is 0. The van der Waals surface area contributed by atoms with Gasteiger partial charge in [-0.1, -0.05) is 13.0 Å². The minimum Gasteiger partial charge on any atom is -0.360 e. The lowest BCUT2D eigenvalue weighted by Gasteiger charge is -2.08. The van der Waals surface area contributed by atoms with Crippen molar-refractivity contribution in [2.75, 3.05) is 0 Å². The molecule has 0 amide bonds. The van der Waals surface area contributed by atoms with Gasteiger partial charge in [0.1, 0.15) is 6.10 Å². The summed E-state index contributed by atoms with van der Waals surface area (Å²) in [4.78, 5) is 11.1. The van der Waals surface area contributed by atoms with E-state index in [2.05, 4.69) is 6.92 Å². The van der Waals surface area contributed by atoms with Crippen LogP contribution in [0.4, 0.5) is 0 Å². The van der Waals surface area contributed by atoms with Crippen molar-refractivity contribution < 1.29 is 9.53 Å². The Bertz CT molecular complexity index is 217. The highest BCUT2D eigenvalue weighted by Crippen LogP contribution is 2.36. The van der Waals surface area contributed by atoms with Gasteiger partial charge < -0.3 is 4.74 Å². The molecule has 1 fully saturated rings. The minimum absolute atomic E-state index is 0.0833. The molecule has 1 aliphatic heterocycles. The van der Waals surface area contributed by atoms with E-state index in [1.807, 2.05) is 13.0 Å². The first kappa shape index (κ1) is 6.10. The molecule has 54 valence electrons. The first-order valence-electron chi connectivity index (χ1n) is 3.58. The van der Waals surface area contributed by atoms with Gasteiger partial charge in [-0.2, -0.15) is 0 Å². The molecule has 2 aliphatic rings. The molecule has 0 spiro atoms. The normalized spacial score (nSPS) is 44.4. The first-order valence-corrected chi connectivity index (χ1v) is 3.58. The second kappa shape index (κ2) is 1.70. The second-order valence-corrected chi connectivity index (χ2v) is 3.09. The molecule has 0 aromatic rings. The van der Waals surface area contributed by atoms with Crippen molar-refractivity contribution >= 4 is 5.78 Å². The van der Waals surface area contributed by atoms with Gasteiger partial charge in [-0.3, -0.25) is 4.79 Å². The van der Waals surface area contributed by atoms with Crippen LogP contribution in [0.15, 0.2) is 11.6 Å². The van der Waals surface area contributed by atoms with E-state index in [-0.39, 0.29) is 18.0 Å². The molecule has 0 radical (unpaired) electrons. The molecule has 0 aromatic carbocycles. The summed E-state index contributed by atoms with van der Waals surface area (Å²) in [6.07, 6.45) is 2.12. The number of hydrogen-bond acceptors (Lipinski definition) is 2. The van der Waals surface area contributed by atoms with Crippen LogP contribution in [-0.2, 0) is 9.53 Å². The quantitative estimate of drug-likeness (QED) is 0.466. The van der Waals surface area contributed by atoms with Crippen molar-refractivity contribution in [1.82, 2.24) is 0 Å². The zero-order valence-electron chi connectivity index (χ0n) is 6.13. The maximum absolute atomic E-state index is 11.1. The van der Waals surface area contributed by atoms with Crippen molar-refractivity contribution in [2.45, 2.75) is 26.1 Å². The summed E-state index contributed by atoms with van der Waals surface area (Å²) in [6.45, 7) is 3.94. The molecule has 0 saturated carbocycles. The molecule has 1 aliphatic carbocycles. The van der Waals surface area contributed by atoms with E-state index in [4.69, 9.17) is 4.74 Å². The summed E-state index contributed by atoms with van der Waals surface area (Å²) >= 11 is 0. The number of Topliss-reactive ketones (excluding diaryl/α,β-unsaturated/α-hetero) is 1. The van der Waals surface area contributed by atoms with Gasteiger partial charge in [0.2, 0.25) is 0 Å². The number of fused-ring (bicyclic) bond motifs is 1. The average molecular weight is 138 g/mol. The standard InChI is InChI=1S/C8H10O2/c1-4-3-5(2)7-8(10-7)6(4)9/h3,5,7-8H,1-2H3/t5-,7+,8-/m0/s1. The summed E-state index contributed by atoms with van der Waals surface area (Å²) in [6, 6.07) is 0. The lowest BCUT2D eigenvalue weighted by atomic mass is 9.92. The Morgan fingerprint density at radius 3 is 3.00 bits per heavy atom. The highest BCUT2D eigenvalue weighted by atomic mass is 16.6. The molecule has 0 unspecified atom stereocenters. The van der Waals surface area contributed by atoms with Crippen LogP contribution >= 0.6 is 0 Å². The largest absolute Gasteiger partial charge is 0.360 e. The number of carbonyl (C=O) groups is 1. The Hall–Kier alpha value is -0.630. The number of ether oxygens (including phenoxy) is 1. The van der Waals surface area contributed by atoms with E-state index < -0.39 is 0 Å². The highest BCUT2D eigenvalue weighted by molar-refractivity contribution is 6.01. The van der Waals surface area contributed by atoms with Crippen LogP contribution in [-0.4, -0.2) is 18.0 Å². The monoisotopic (exact) mass is 138 g/mol. The number of ketones is 1. The zero-order valence-corrected chi connectivity index (χ0v) is 6.13. The molecule has 0 aromatic heterocycles. The SMILES string of the molecule is CC1=C[C@H](C)[C@H]2O[C@H]2C1=O. The van der Waals surface area contributed by atoms with Crippen LogP contribution in [0.5, 0.6) is 0 Å². The second-order valence-electron chi connectivity index (χ2n) is 3.09. The van der Waals surface area contributed by atoms with Crippen molar-refractivity contribution in [3.63, 3.8) is 0 Å². The molecule has 2 heteroatoms. The molecular weight excluding hydrogens is 128 g/mol. The van der Waals surface area contributed by atoms with Crippen LogP contribution in [0.2, 0.25) is 0 Å². The number of hydrogen-bond donors (Lipinski definition) is 0. The molecule has 0 bridgehead atoms. The van der Waals surface area contributed by atoms with Gasteiger partial charge in [0.05, 0.1) is 6.10 Å². The van der Waals surface area contributed by atoms with Crippen molar-refractivity contribution in [1.29, 1.82) is 0 Å². The van der Waals surface area contributed by atoms with E-state index >= 15 is 0 Å². The first-order chi connectivity index (χ1) is 4.70. The fourth-order valence-electron chi connectivity index (χ4n) is 1.53. The zero-order chi connectivity index (χ0) is 7.30. The topological polar surface area (TPSA) is 29.6 Å². The van der Waals surface area contributed by atoms with Crippen LogP contribution in [0.25, 0.3) is 0 Å². The number of rotatable bonds is 0. The Kier molecular flexibility index (Phi) is 1.04. The van der Waals surface area contributed by atoms with Gasteiger partial charge in [0.15, 0.2) is 5.78 Å². The number of epoxide rings is 1. The molecule has 2 nitrogen and oxygen atoms in total. The van der Waals surface area contributed by atoms with E-state index in [1.165, 1.54) is 0 Å². The average Bonchev–Trinajstić information content (AvgIpc) is 2.61. The summed E-state index contributed by atoms with van der Waals surface area (Å²) in [5.74, 6) is 0.616. The maximum atomic E-state index is 11.1. The third-order valence-corrected chi connectivity index (χ3v) is 2.20. The summed E-state index contributed by atoms with van der Waals surface area (Å²) < 4.78 is 5.17. The Labute approximate surface area is 59.9 Å². The Balaban J connectivity index is 2.30. The van der Waals surface area contributed by atoms with Crippen LogP contribution in [0.1, 0.15) is 13.8 Å². The van der Waals surface area contributed by atoms with Crippen LogP contribution in [0.3, 0.4) is 0 Å². The highest BCUT2D eigenvalue weighted by Gasteiger charge is 2.50. The van der Waals surface area contributed by atoms with E-state index in [0.717, 1.165) is 5.57 Å². The van der Waals surface area contributed by atoms with Crippen LogP contribution in [0, 0.1) is 5.92 Å². The molecule has 0 N–H and O–H groups in total. The third-order valence-electron chi connectivity index (χ3n) is 2.20. The fraction of sp³-hybridized carbons (Fsp3) is 0.625. The van der Waals surface area contributed by atoms with Gasteiger partial charge >= 0.3 is 0 Å². The molecule has 2 rings (SSSR count). The Morgan fingerprint density at radius 2 is 2.30 bits per heavy atom. The molecule has 1 saturated heterocycles. The van der Waals surface area contributed by atoms with Gasteiger partial charge in [-0.25, -0.2) is 0 Å². The summed E-state index contributed by atoms with van der Waals surface area (Å²) in [5.41, 5.74) is 0.867. The van der Waals surface area contributed by atoms with E-state index in [0.29, 0.717) is 5.92 Å². The molecule has 10 heavy (non-hydrogen) atoms.